The first-order valence-corrected chi connectivity index (χ1v) is 7.89. The molecule has 2 N–H and O–H groups in total. The Bertz CT molecular complexity index is 846. The van der Waals surface area contributed by atoms with Crippen molar-refractivity contribution in [3.63, 3.8) is 0 Å². The zero-order chi connectivity index (χ0) is 19.8. The van der Waals surface area contributed by atoms with Crippen molar-refractivity contribution < 1.29 is 28.5 Å². The van der Waals surface area contributed by atoms with Crippen LogP contribution >= 0.6 is 0 Å². The number of benzene rings is 1. The third-order valence-electron chi connectivity index (χ3n) is 3.50. The van der Waals surface area contributed by atoms with E-state index < -0.39 is 29.3 Å². The van der Waals surface area contributed by atoms with Gasteiger partial charge in [0, 0.05) is 12.6 Å². The smallest absolute Gasteiger partial charge is 0.308 e. The SMILES string of the molecule is Cc1c(NC(=O)COC(=O)CCNC(=O)c2ccco2)cccc1[N+](=O)[O-]. The number of nitro benzene ring substituents is 1. The van der Waals surface area contributed by atoms with Crippen LogP contribution in [0.1, 0.15) is 22.5 Å². The third-order valence-corrected chi connectivity index (χ3v) is 3.50. The number of anilines is 1. The molecule has 2 amide bonds. The van der Waals surface area contributed by atoms with Crippen LogP contribution in [0, 0.1) is 17.0 Å². The van der Waals surface area contributed by atoms with Crippen LogP contribution in [0.4, 0.5) is 11.4 Å². The van der Waals surface area contributed by atoms with Gasteiger partial charge in [-0.3, -0.25) is 24.5 Å². The molecule has 2 aromatic rings. The number of amides is 2. The van der Waals surface area contributed by atoms with Gasteiger partial charge in [-0.2, -0.15) is 0 Å². The van der Waals surface area contributed by atoms with E-state index in [0.717, 1.165) is 0 Å². The van der Waals surface area contributed by atoms with E-state index >= 15 is 0 Å². The lowest BCUT2D eigenvalue weighted by molar-refractivity contribution is -0.385. The second kappa shape index (κ2) is 9.13. The Morgan fingerprint density at radius 1 is 1.22 bits per heavy atom. The summed E-state index contributed by atoms with van der Waals surface area (Å²) in [5, 5.41) is 15.8. The maximum absolute atomic E-state index is 11.8. The number of carbonyl (C=O) groups is 3. The predicted octanol–water partition coefficient (Wildman–Crippen LogP) is 1.80. The van der Waals surface area contributed by atoms with Crippen LogP contribution < -0.4 is 10.6 Å². The van der Waals surface area contributed by atoms with Gasteiger partial charge in [0.05, 0.1) is 28.9 Å². The first kappa shape index (κ1) is 19.6. The van der Waals surface area contributed by atoms with Crippen molar-refractivity contribution in [1.82, 2.24) is 5.32 Å². The lowest BCUT2D eigenvalue weighted by atomic mass is 10.1. The predicted molar refractivity (Wildman–Crippen MR) is 93.1 cm³/mol. The Morgan fingerprint density at radius 3 is 2.67 bits per heavy atom. The van der Waals surface area contributed by atoms with Gasteiger partial charge in [-0.05, 0) is 25.1 Å². The maximum Gasteiger partial charge on any atom is 0.308 e. The standard InChI is InChI=1S/C17H17N3O7/c1-11-12(4-2-5-13(11)20(24)25)19-15(21)10-27-16(22)7-8-18-17(23)14-6-3-9-26-14/h2-6,9H,7-8,10H2,1H3,(H,18,23)(H,19,21). The number of furan rings is 1. The number of rotatable bonds is 8. The highest BCUT2D eigenvalue weighted by atomic mass is 16.6. The van der Waals surface area contributed by atoms with E-state index in [4.69, 9.17) is 9.15 Å². The molecule has 0 aliphatic rings. The van der Waals surface area contributed by atoms with E-state index in [0.29, 0.717) is 5.56 Å². The minimum atomic E-state index is -0.680. The molecule has 142 valence electrons. The van der Waals surface area contributed by atoms with Crippen molar-refractivity contribution in [1.29, 1.82) is 0 Å². The van der Waals surface area contributed by atoms with Crippen molar-refractivity contribution >= 4 is 29.2 Å². The summed E-state index contributed by atoms with van der Waals surface area (Å²) in [6.45, 7) is 0.971. The van der Waals surface area contributed by atoms with Crippen LogP contribution in [0.15, 0.2) is 41.0 Å². The molecule has 0 fully saturated rings. The average molecular weight is 375 g/mol. The molecule has 1 heterocycles. The molecule has 0 bridgehead atoms. The topological polar surface area (TPSA) is 141 Å². The number of nitrogens with zero attached hydrogens (tertiary/aromatic N) is 1. The zero-order valence-electron chi connectivity index (χ0n) is 14.4. The highest BCUT2D eigenvalue weighted by Crippen LogP contribution is 2.24. The van der Waals surface area contributed by atoms with Crippen LogP contribution in [-0.2, 0) is 14.3 Å². The number of nitro groups is 1. The Labute approximate surface area is 153 Å². The lowest BCUT2D eigenvalue weighted by Gasteiger charge is -2.09. The number of hydrogen-bond donors (Lipinski definition) is 2. The van der Waals surface area contributed by atoms with Gasteiger partial charge in [-0.25, -0.2) is 0 Å². The van der Waals surface area contributed by atoms with Crippen molar-refractivity contribution in [2.75, 3.05) is 18.5 Å². The molecule has 0 unspecified atom stereocenters. The highest BCUT2D eigenvalue weighted by molar-refractivity contribution is 5.94. The fourth-order valence-electron chi connectivity index (χ4n) is 2.13. The van der Waals surface area contributed by atoms with Crippen LogP contribution in [-0.4, -0.2) is 35.9 Å². The van der Waals surface area contributed by atoms with Crippen molar-refractivity contribution in [2.24, 2.45) is 0 Å². The number of nitrogens with one attached hydrogen (secondary N) is 2. The summed E-state index contributed by atoms with van der Waals surface area (Å²) < 4.78 is 9.70. The Balaban J connectivity index is 1.74. The van der Waals surface area contributed by atoms with Crippen molar-refractivity contribution in [3.05, 3.63) is 58.0 Å². The van der Waals surface area contributed by atoms with Gasteiger partial charge >= 0.3 is 5.97 Å². The number of esters is 1. The summed E-state index contributed by atoms with van der Waals surface area (Å²) in [6, 6.07) is 7.31. The minimum absolute atomic E-state index is 0.0178. The monoisotopic (exact) mass is 375 g/mol. The van der Waals surface area contributed by atoms with Gasteiger partial charge in [0.2, 0.25) is 0 Å². The molecule has 0 radical (unpaired) electrons. The molecule has 0 spiro atoms. The second-order valence-electron chi connectivity index (χ2n) is 5.40. The number of carbonyl (C=O) groups excluding carboxylic acids is 3. The molecule has 27 heavy (non-hydrogen) atoms. The lowest BCUT2D eigenvalue weighted by Crippen LogP contribution is -2.27. The minimum Gasteiger partial charge on any atom is -0.459 e. The summed E-state index contributed by atoms with van der Waals surface area (Å²) in [4.78, 5) is 45.4. The molecule has 2 rings (SSSR count). The Hall–Kier alpha value is -3.69. The summed E-state index contributed by atoms with van der Waals surface area (Å²) in [5.41, 5.74) is 0.427. The van der Waals surface area contributed by atoms with Crippen molar-refractivity contribution in [3.8, 4) is 0 Å². The van der Waals surface area contributed by atoms with Crippen LogP contribution in [0.25, 0.3) is 0 Å². The molecule has 1 aromatic carbocycles. The van der Waals surface area contributed by atoms with Gasteiger partial charge in [-0.15, -0.1) is 0 Å². The number of ether oxygens (including phenoxy) is 1. The van der Waals surface area contributed by atoms with E-state index in [9.17, 15) is 24.5 Å². The van der Waals surface area contributed by atoms with Crippen molar-refractivity contribution in [2.45, 2.75) is 13.3 Å². The summed E-state index contributed by atoms with van der Waals surface area (Å²) in [6.07, 6.45) is 1.22. The second-order valence-corrected chi connectivity index (χ2v) is 5.40. The van der Waals surface area contributed by atoms with Gasteiger partial charge in [0.15, 0.2) is 12.4 Å². The van der Waals surface area contributed by atoms with Gasteiger partial charge in [0.1, 0.15) is 0 Å². The molecule has 0 aliphatic carbocycles. The Kier molecular flexibility index (Phi) is 6.64. The first-order valence-electron chi connectivity index (χ1n) is 7.89. The Morgan fingerprint density at radius 2 is 2.00 bits per heavy atom. The van der Waals surface area contributed by atoms with Gasteiger partial charge in [-0.1, -0.05) is 6.07 Å². The van der Waals surface area contributed by atoms with E-state index in [2.05, 4.69) is 10.6 Å². The number of hydrogen-bond acceptors (Lipinski definition) is 7. The third kappa shape index (κ3) is 5.66. The maximum atomic E-state index is 11.8. The van der Waals surface area contributed by atoms with E-state index in [1.807, 2.05) is 0 Å². The molecule has 0 aliphatic heterocycles. The highest BCUT2D eigenvalue weighted by Gasteiger charge is 2.16. The molecular weight excluding hydrogens is 358 g/mol. The zero-order valence-corrected chi connectivity index (χ0v) is 14.4. The quantitative estimate of drug-likeness (QED) is 0.407. The molecule has 0 saturated carbocycles. The van der Waals surface area contributed by atoms with Crippen LogP contribution in [0.3, 0.4) is 0 Å². The largest absolute Gasteiger partial charge is 0.459 e. The summed E-state index contributed by atoms with van der Waals surface area (Å²) in [7, 11) is 0. The summed E-state index contributed by atoms with van der Waals surface area (Å²) >= 11 is 0. The van der Waals surface area contributed by atoms with E-state index in [-0.39, 0.29) is 30.1 Å². The normalized spacial score (nSPS) is 10.1. The molecule has 0 saturated heterocycles. The first-order chi connectivity index (χ1) is 12.9. The summed E-state index contributed by atoms with van der Waals surface area (Å²) in [5.74, 6) is -1.66. The molecular formula is C17H17N3O7. The molecule has 10 heteroatoms. The van der Waals surface area contributed by atoms with Crippen LogP contribution in [0.5, 0.6) is 0 Å². The fourth-order valence-corrected chi connectivity index (χ4v) is 2.13. The molecule has 0 atom stereocenters. The van der Waals surface area contributed by atoms with Gasteiger partial charge < -0.3 is 19.8 Å². The van der Waals surface area contributed by atoms with Gasteiger partial charge in [0.25, 0.3) is 17.5 Å². The van der Waals surface area contributed by atoms with Crippen LogP contribution in [0.2, 0.25) is 0 Å². The fraction of sp³-hybridized carbons (Fsp3) is 0.235. The average Bonchev–Trinajstić information content (AvgIpc) is 3.16. The molecule has 10 nitrogen and oxygen atoms in total. The van der Waals surface area contributed by atoms with E-state index in [1.54, 1.807) is 6.07 Å². The molecule has 1 aromatic heterocycles. The van der Waals surface area contributed by atoms with E-state index in [1.165, 1.54) is 37.5 Å².